The molecular formula is C47H95N2O6P. The fraction of sp³-hybridized carbons (Fsp3) is 0.936. The topological polar surface area (TPSA) is 108 Å². The van der Waals surface area contributed by atoms with Gasteiger partial charge in [0.15, 0.2) is 0 Å². The number of nitrogens with one attached hydrogen (secondary N) is 1. The lowest BCUT2D eigenvalue weighted by Crippen LogP contribution is -2.46. The molecule has 3 atom stereocenters. The van der Waals surface area contributed by atoms with Crippen LogP contribution in [0.4, 0.5) is 0 Å². The highest BCUT2D eigenvalue weighted by molar-refractivity contribution is 7.45. The van der Waals surface area contributed by atoms with Crippen molar-refractivity contribution in [2.24, 2.45) is 0 Å². The maximum atomic E-state index is 12.9. The van der Waals surface area contributed by atoms with E-state index in [0.29, 0.717) is 23.9 Å². The molecule has 0 rings (SSSR count). The van der Waals surface area contributed by atoms with Gasteiger partial charge in [0.2, 0.25) is 5.91 Å². The minimum absolute atomic E-state index is 0.0134. The van der Waals surface area contributed by atoms with Gasteiger partial charge in [-0.15, -0.1) is 0 Å². The largest absolute Gasteiger partial charge is 0.756 e. The number of likely N-dealkylation sites (N-methyl/N-ethyl adjacent to an activating group) is 1. The molecule has 0 aromatic carbocycles. The molecule has 0 spiro atoms. The van der Waals surface area contributed by atoms with Crippen LogP contribution in [0.2, 0.25) is 0 Å². The van der Waals surface area contributed by atoms with Crippen molar-refractivity contribution < 1.29 is 32.9 Å². The number of quaternary nitrogens is 1. The molecule has 0 heterocycles. The summed E-state index contributed by atoms with van der Waals surface area (Å²) in [6.07, 6.45) is 45.2. The molecular weight excluding hydrogens is 719 g/mol. The summed E-state index contributed by atoms with van der Waals surface area (Å²) in [6, 6.07) is -0.796. The van der Waals surface area contributed by atoms with Crippen LogP contribution in [-0.2, 0) is 18.4 Å². The number of carbonyl (C=O) groups is 1. The van der Waals surface area contributed by atoms with Crippen molar-refractivity contribution in [3.8, 4) is 0 Å². The maximum absolute atomic E-state index is 12.9. The first-order valence-electron chi connectivity index (χ1n) is 24.0. The monoisotopic (exact) mass is 815 g/mol. The molecule has 0 radical (unpaired) electrons. The number of aliphatic hydroxyl groups is 1. The van der Waals surface area contributed by atoms with E-state index in [2.05, 4.69) is 31.3 Å². The van der Waals surface area contributed by atoms with Crippen LogP contribution in [0.5, 0.6) is 0 Å². The van der Waals surface area contributed by atoms with Crippen molar-refractivity contribution in [1.82, 2.24) is 5.32 Å². The van der Waals surface area contributed by atoms with E-state index in [1.165, 1.54) is 167 Å². The lowest BCUT2D eigenvalue weighted by molar-refractivity contribution is -0.870. The van der Waals surface area contributed by atoms with Gasteiger partial charge in [-0.1, -0.05) is 199 Å². The van der Waals surface area contributed by atoms with Gasteiger partial charge < -0.3 is 28.8 Å². The van der Waals surface area contributed by atoms with Gasteiger partial charge >= 0.3 is 0 Å². The second-order valence-electron chi connectivity index (χ2n) is 17.8. The first-order chi connectivity index (χ1) is 27.0. The van der Waals surface area contributed by atoms with Crippen LogP contribution in [0.3, 0.4) is 0 Å². The fourth-order valence-corrected chi connectivity index (χ4v) is 7.88. The molecule has 8 nitrogen and oxygen atoms in total. The van der Waals surface area contributed by atoms with Crippen LogP contribution >= 0.6 is 7.82 Å². The van der Waals surface area contributed by atoms with Gasteiger partial charge in [0.1, 0.15) is 13.2 Å². The molecule has 3 unspecified atom stereocenters. The molecule has 1 amide bonds. The molecule has 334 valence electrons. The molecule has 56 heavy (non-hydrogen) atoms. The minimum Gasteiger partial charge on any atom is -0.756 e. The number of hydrogen-bond donors (Lipinski definition) is 2. The van der Waals surface area contributed by atoms with Crippen LogP contribution in [0.25, 0.3) is 0 Å². The Balaban J connectivity index is 4.09. The predicted octanol–water partition coefficient (Wildman–Crippen LogP) is 12.9. The first-order valence-corrected chi connectivity index (χ1v) is 25.5. The predicted molar refractivity (Wildman–Crippen MR) is 238 cm³/mol. The zero-order valence-corrected chi connectivity index (χ0v) is 38.7. The van der Waals surface area contributed by atoms with Crippen molar-refractivity contribution >= 4 is 13.7 Å². The zero-order chi connectivity index (χ0) is 41.4. The van der Waals surface area contributed by atoms with Crippen LogP contribution in [0.1, 0.15) is 232 Å². The highest BCUT2D eigenvalue weighted by atomic mass is 31.2. The minimum atomic E-state index is -4.56. The van der Waals surface area contributed by atoms with E-state index >= 15 is 0 Å². The standard InChI is InChI=1S/C47H95N2O6P/c1-6-8-10-12-14-16-17-18-19-20-21-22-23-24-25-26-27-28-29-30-31-33-35-37-39-41-47(51)48-45(44-55-56(52,53)54-43-42-49(3,4)5)46(50)40-38-36-34-32-15-13-11-9-7-2/h24-25,45-46,50H,6-23,26-44H2,1-5H3,(H-,48,51,52,53)/b25-24-. The van der Waals surface area contributed by atoms with E-state index in [1.807, 2.05) is 21.1 Å². The third-order valence-electron chi connectivity index (χ3n) is 11.0. The average Bonchev–Trinajstić information content (AvgIpc) is 3.15. The molecule has 0 aliphatic rings. The van der Waals surface area contributed by atoms with Gasteiger partial charge in [0, 0.05) is 6.42 Å². The molecule has 0 aromatic heterocycles. The van der Waals surface area contributed by atoms with Crippen LogP contribution in [0, 0.1) is 0 Å². The maximum Gasteiger partial charge on any atom is 0.268 e. The van der Waals surface area contributed by atoms with Crippen molar-refractivity contribution in [3.05, 3.63) is 12.2 Å². The van der Waals surface area contributed by atoms with Crippen molar-refractivity contribution in [3.63, 3.8) is 0 Å². The van der Waals surface area contributed by atoms with Crippen molar-refractivity contribution in [2.75, 3.05) is 40.9 Å². The van der Waals surface area contributed by atoms with Crippen LogP contribution in [-0.4, -0.2) is 68.5 Å². The van der Waals surface area contributed by atoms with Gasteiger partial charge in [0.05, 0.1) is 39.9 Å². The Morgan fingerprint density at radius 2 is 0.982 bits per heavy atom. The highest BCUT2D eigenvalue weighted by Gasteiger charge is 2.24. The van der Waals surface area contributed by atoms with E-state index in [-0.39, 0.29) is 19.1 Å². The van der Waals surface area contributed by atoms with Gasteiger partial charge in [-0.25, -0.2) is 0 Å². The summed E-state index contributed by atoms with van der Waals surface area (Å²) >= 11 is 0. The first kappa shape index (κ1) is 55.2. The average molecular weight is 815 g/mol. The van der Waals surface area contributed by atoms with E-state index in [1.54, 1.807) is 0 Å². The van der Waals surface area contributed by atoms with Crippen LogP contribution < -0.4 is 10.2 Å². The SMILES string of the molecule is CCCCCCCCCCCCCC/C=C\CCCCCCCCCCCC(=O)NC(COP(=O)([O-])OCC[N+](C)(C)C)C(O)CCCCCCCCCCC. The molecule has 0 bridgehead atoms. The number of unbranched alkanes of at least 4 members (excludes halogenated alkanes) is 29. The summed E-state index contributed by atoms with van der Waals surface area (Å²) in [7, 11) is 1.31. The Kier molecular flexibility index (Phi) is 39.1. The second kappa shape index (κ2) is 39.7. The molecule has 0 aliphatic heterocycles. The number of phosphoric acid groups is 1. The van der Waals surface area contributed by atoms with E-state index in [0.717, 1.165) is 38.5 Å². The normalized spacial score (nSPS) is 14.3. The Bertz CT molecular complexity index is 927. The number of allylic oxidation sites excluding steroid dienone is 2. The van der Waals surface area contributed by atoms with Gasteiger partial charge in [0.25, 0.3) is 7.82 Å². The molecule has 9 heteroatoms. The summed E-state index contributed by atoms with van der Waals surface area (Å²) in [5.41, 5.74) is 0. The van der Waals surface area contributed by atoms with Crippen molar-refractivity contribution in [2.45, 2.75) is 244 Å². The summed E-state index contributed by atoms with van der Waals surface area (Å²) < 4.78 is 23.2. The Labute approximate surface area is 348 Å². The summed E-state index contributed by atoms with van der Waals surface area (Å²) in [5, 5.41) is 13.9. The smallest absolute Gasteiger partial charge is 0.268 e. The summed E-state index contributed by atoms with van der Waals surface area (Å²) in [5.74, 6) is -0.167. The highest BCUT2D eigenvalue weighted by Crippen LogP contribution is 2.38. The van der Waals surface area contributed by atoms with Crippen LogP contribution in [0.15, 0.2) is 12.2 Å². The number of phosphoric ester groups is 1. The van der Waals surface area contributed by atoms with Gasteiger partial charge in [-0.2, -0.15) is 0 Å². The fourth-order valence-electron chi connectivity index (χ4n) is 7.15. The molecule has 0 saturated heterocycles. The lowest BCUT2D eigenvalue weighted by atomic mass is 10.0. The third-order valence-corrected chi connectivity index (χ3v) is 12.0. The number of rotatable bonds is 44. The Hall–Kier alpha value is -0.760. The molecule has 2 N–H and O–H groups in total. The van der Waals surface area contributed by atoms with Crippen molar-refractivity contribution in [1.29, 1.82) is 0 Å². The number of hydrogen-bond acceptors (Lipinski definition) is 6. The van der Waals surface area contributed by atoms with Gasteiger partial charge in [-0.05, 0) is 38.5 Å². The molecule has 0 aromatic rings. The number of amides is 1. The Morgan fingerprint density at radius 3 is 1.39 bits per heavy atom. The third kappa shape index (κ3) is 41.4. The number of nitrogens with zero attached hydrogens (tertiary/aromatic N) is 1. The Morgan fingerprint density at radius 1 is 0.607 bits per heavy atom. The zero-order valence-electron chi connectivity index (χ0n) is 37.9. The summed E-state index contributed by atoms with van der Waals surface area (Å²) in [4.78, 5) is 25.3. The summed E-state index contributed by atoms with van der Waals surface area (Å²) in [6.45, 7) is 4.71. The second-order valence-corrected chi connectivity index (χ2v) is 19.2. The lowest BCUT2D eigenvalue weighted by Gasteiger charge is -2.30. The van der Waals surface area contributed by atoms with Gasteiger partial charge in [-0.3, -0.25) is 9.36 Å². The molecule has 0 aliphatic carbocycles. The number of carbonyl (C=O) groups excluding carboxylic acids is 1. The van der Waals surface area contributed by atoms with E-state index in [4.69, 9.17) is 9.05 Å². The van der Waals surface area contributed by atoms with E-state index in [9.17, 15) is 19.4 Å². The molecule has 0 saturated carbocycles. The number of aliphatic hydroxyl groups excluding tert-OH is 1. The quantitative estimate of drug-likeness (QED) is 0.0274. The molecule has 0 fully saturated rings. The van der Waals surface area contributed by atoms with E-state index < -0.39 is 20.0 Å².